The third-order valence-corrected chi connectivity index (χ3v) is 23.6. The number of halogens is 11. The monoisotopic (exact) mass is 1950 g/mol. The summed E-state index contributed by atoms with van der Waals surface area (Å²) in [7, 11) is 1.36. The molecule has 0 amide bonds. The Morgan fingerprint density at radius 1 is 0.382 bits per heavy atom. The number of carbonyl (C=O) groups is 1. The summed E-state index contributed by atoms with van der Waals surface area (Å²) < 4.78 is 158. The van der Waals surface area contributed by atoms with Gasteiger partial charge in [0.05, 0.1) is 147 Å². The lowest BCUT2D eigenvalue weighted by Gasteiger charge is -2.24. The molecule has 0 saturated heterocycles. The predicted octanol–water partition coefficient (Wildman–Crippen LogP) is 25.3. The minimum absolute atomic E-state index is 0.102. The van der Waals surface area contributed by atoms with Crippen LogP contribution in [0.25, 0.3) is 84.8 Å². The lowest BCUT2D eigenvalue weighted by Crippen LogP contribution is -2.11. The van der Waals surface area contributed by atoms with Crippen molar-refractivity contribution in [3.63, 3.8) is 0 Å². The average molecular weight is 1950 g/mol. The lowest BCUT2D eigenvalue weighted by atomic mass is 9.82. The first-order valence-electron chi connectivity index (χ1n) is 45.3. The van der Waals surface area contributed by atoms with E-state index in [0.29, 0.717) is 110 Å². The van der Waals surface area contributed by atoms with E-state index >= 15 is 0 Å². The molecule has 0 unspecified atom stereocenters. The maximum absolute atomic E-state index is 12.8. The van der Waals surface area contributed by atoms with E-state index in [-0.39, 0.29) is 11.7 Å². The van der Waals surface area contributed by atoms with Crippen molar-refractivity contribution in [3.8, 4) is 57.6 Å². The third kappa shape index (κ3) is 21.9. The van der Waals surface area contributed by atoms with E-state index < -0.39 is 41.8 Å². The molecular formula is C105H82F11N25O3. The Bertz CT molecular complexity index is 8080. The summed E-state index contributed by atoms with van der Waals surface area (Å²) in [5.74, 6) is 6.14. The quantitative estimate of drug-likeness (QED) is 0.0330. The molecule has 3 aliphatic rings. The second-order valence-corrected chi connectivity index (χ2v) is 33.6. The Kier molecular flexibility index (Phi) is 26.9. The number of aromatic nitrogens is 19. The first kappa shape index (κ1) is 95.0. The topological polar surface area (TPSA) is 323 Å². The zero-order chi connectivity index (χ0) is 99.9. The van der Waals surface area contributed by atoms with E-state index in [1.54, 1.807) is 92.0 Å². The summed E-state index contributed by atoms with van der Waals surface area (Å²) in [6.07, 6.45) is 13.8. The molecule has 23 rings (SSSR count). The van der Waals surface area contributed by atoms with Crippen LogP contribution in [0.2, 0.25) is 0 Å². The molecule has 5 N–H and O–H groups in total. The van der Waals surface area contributed by atoms with Crippen LogP contribution in [0.3, 0.4) is 0 Å². The highest BCUT2D eigenvalue weighted by atomic mass is 19.4. The van der Waals surface area contributed by atoms with Gasteiger partial charge in [-0.2, -0.15) is 53.6 Å². The number of alkyl halides is 11. The third-order valence-electron chi connectivity index (χ3n) is 23.6. The van der Waals surface area contributed by atoms with Crippen LogP contribution in [0.15, 0.2) is 305 Å². The van der Waals surface area contributed by atoms with Gasteiger partial charge in [0.15, 0.2) is 11.6 Å². The minimum Gasteiger partial charge on any atom is -0.465 e. The van der Waals surface area contributed by atoms with E-state index in [2.05, 4.69) is 87.2 Å². The fourth-order valence-electron chi connectivity index (χ4n) is 16.3. The van der Waals surface area contributed by atoms with Crippen molar-refractivity contribution < 1.29 is 62.6 Å². The standard InChI is InChI=1S/C22H18F3N5.C21H16F3N5.C21H14F3N5.C21H17F2N5O.C20H17N5O2/c23-22(24,25)15-7-9-16(10-8-15)27-18-13-26-12-17(28-18)21-20(14-4-3-5-14)29-19-6-1-2-11-30(19)21;22-21(23,24)14-6-8-15(9-7-14)26-17-12-25-11-16(27-17)20-19(13-4-5-13)28-18-3-1-2-10-29(18)20;1-13-26-17-4-2-3-5-18(17)29(13)20-11-14(12-25)10-19(28-20)27-16-8-6-15(7-9-16)21(22,23)24;22-21(23)29-15-8-6-14(7-9-15)25-17-12-24-11-16(26-17)20-19(13-4-5-13)27-18-3-1-2-10-28(18)20;1-13-22-16-5-3-4-6-17(16)25(13)19-12-21-11-18(24-19)23-15-9-7-14(8-10-15)20(26)27-2/h1-2,6-14H,3-5H2,(H,27,28);1-3,6-13H,4-5H2,(H,26,27);2-11H,1H3,(H,27,28);1-3,6-13,21H,4-5H2,(H,25,26);3-12H,1-2H3,(H,23,24). The summed E-state index contributed by atoms with van der Waals surface area (Å²) in [5.41, 5.74) is 15.7. The normalized spacial score (nSPS) is 13.0. The van der Waals surface area contributed by atoms with Gasteiger partial charge in [-0.25, -0.2) is 54.6 Å². The number of hydrogen-bond donors (Lipinski definition) is 5. The number of imidazole rings is 5. The van der Waals surface area contributed by atoms with Gasteiger partial charge in [0.2, 0.25) is 0 Å². The zero-order valence-corrected chi connectivity index (χ0v) is 76.5. The van der Waals surface area contributed by atoms with Crippen LogP contribution in [-0.2, 0) is 23.3 Å². The SMILES string of the molecule is COC(=O)c1ccc(Nc2cncc(-n3c(C)nc4ccccc43)n2)cc1.Cc1nc2ccccc2n1-c1cc(C#N)cc(Nc2ccc(C(F)(F)F)cc2)n1.FC(F)(F)c1ccc(Nc2cncc(-c3c(C4CC4)nc4ccccn34)n2)cc1.FC(F)(F)c1ccc(Nc2cncc(-c3c(C4CCC4)nc4ccccn34)n2)cc1.FC(F)Oc1ccc(Nc2cncc(-c3c(C4CC4)nc4ccccn34)n2)cc1. The number of nitriles is 1. The zero-order valence-electron chi connectivity index (χ0n) is 76.5. The molecule has 3 fully saturated rings. The Hall–Kier alpha value is -18.0. The van der Waals surface area contributed by atoms with Gasteiger partial charge in [-0.1, -0.05) is 48.9 Å². The van der Waals surface area contributed by atoms with Crippen LogP contribution in [0.5, 0.6) is 5.75 Å². The van der Waals surface area contributed by atoms with Gasteiger partial charge >= 0.3 is 31.1 Å². The molecule has 3 saturated carbocycles. The van der Waals surface area contributed by atoms with Crippen LogP contribution in [0, 0.1) is 25.2 Å². The number of hydrogen-bond acceptors (Lipinski definition) is 23. The number of nitrogens with one attached hydrogen (secondary N) is 5. The van der Waals surface area contributed by atoms with Gasteiger partial charge in [0.1, 0.15) is 80.5 Å². The Balaban J connectivity index is 0.000000114. The van der Waals surface area contributed by atoms with Crippen molar-refractivity contribution in [2.45, 2.75) is 102 Å². The highest BCUT2D eigenvalue weighted by Gasteiger charge is 2.36. The minimum atomic E-state index is -4.40. The summed E-state index contributed by atoms with van der Waals surface area (Å²) in [6, 6.07) is 65.8. The van der Waals surface area contributed by atoms with Gasteiger partial charge in [-0.3, -0.25) is 42.3 Å². The van der Waals surface area contributed by atoms with Gasteiger partial charge in [0, 0.05) is 64.8 Å². The Labute approximate surface area is 812 Å². The largest absolute Gasteiger partial charge is 0.465 e. The molecule has 0 radical (unpaired) electrons. The number of rotatable bonds is 21. The van der Waals surface area contributed by atoms with E-state index in [9.17, 15) is 58.4 Å². The van der Waals surface area contributed by atoms with Gasteiger partial charge in [-0.05, 0) is 246 Å². The van der Waals surface area contributed by atoms with E-state index in [1.165, 1.54) is 68.1 Å². The molecule has 39 heteroatoms. The van der Waals surface area contributed by atoms with Crippen molar-refractivity contribution in [3.05, 3.63) is 361 Å². The molecule has 144 heavy (non-hydrogen) atoms. The van der Waals surface area contributed by atoms with Gasteiger partial charge < -0.3 is 36.1 Å². The summed E-state index contributed by atoms with van der Waals surface area (Å²) in [5, 5.41) is 24.8. The molecule has 28 nitrogen and oxygen atoms in total. The summed E-state index contributed by atoms with van der Waals surface area (Å²) in [4.78, 5) is 75.4. The molecule has 7 aromatic carbocycles. The summed E-state index contributed by atoms with van der Waals surface area (Å²) >= 11 is 0. The number of methoxy groups -OCH3 is 1. The molecule has 0 bridgehead atoms. The van der Waals surface area contributed by atoms with Crippen LogP contribution in [0.1, 0.15) is 124 Å². The molecular weight excluding hydrogens is 1870 g/mol. The first-order chi connectivity index (χ1) is 69.6. The number of carbonyl (C=O) groups excluding carboxylic acids is 1. The van der Waals surface area contributed by atoms with Crippen LogP contribution in [-0.4, -0.2) is 112 Å². The van der Waals surface area contributed by atoms with Gasteiger partial charge in [-0.15, -0.1) is 0 Å². The molecule has 20 aromatic rings. The number of aryl methyl sites for hydroxylation is 2. The van der Waals surface area contributed by atoms with E-state index in [0.717, 1.165) is 165 Å². The first-order valence-corrected chi connectivity index (χ1v) is 45.3. The van der Waals surface area contributed by atoms with Crippen LogP contribution in [0.4, 0.5) is 106 Å². The number of benzene rings is 7. The fourth-order valence-corrected chi connectivity index (χ4v) is 16.3. The Morgan fingerprint density at radius 3 is 1.08 bits per heavy atom. The number of fused-ring (bicyclic) bond motifs is 5. The van der Waals surface area contributed by atoms with Crippen LogP contribution < -0.4 is 31.3 Å². The van der Waals surface area contributed by atoms with Gasteiger partial charge in [0.25, 0.3) is 0 Å². The smallest absolute Gasteiger partial charge is 0.416 e. The van der Waals surface area contributed by atoms with E-state index in [1.807, 2.05) is 158 Å². The fraction of sp³-hybridized carbons (Fsp3) is 0.162. The second-order valence-electron chi connectivity index (χ2n) is 33.6. The number of esters is 1. The highest BCUT2D eigenvalue weighted by molar-refractivity contribution is 5.90. The van der Waals surface area contributed by atoms with Crippen LogP contribution >= 0.6 is 0 Å². The average Bonchev–Trinajstić information content (AvgIpc) is 1.60. The van der Waals surface area contributed by atoms with Crippen molar-refractivity contribution in [1.82, 2.24) is 92.1 Å². The number of nitrogens with zero attached hydrogens (tertiary/aromatic N) is 20. The van der Waals surface area contributed by atoms with Crippen molar-refractivity contribution >= 4 is 103 Å². The summed E-state index contributed by atoms with van der Waals surface area (Å²) in [6.45, 7) is 0.930. The number of pyridine rings is 4. The number of para-hydroxylation sites is 4. The molecule has 3 aliphatic carbocycles. The molecule has 13 aromatic heterocycles. The highest BCUT2D eigenvalue weighted by Crippen LogP contribution is 2.47. The molecule has 13 heterocycles. The number of ether oxygens (including phenoxy) is 2. The molecule has 722 valence electrons. The molecule has 0 spiro atoms. The van der Waals surface area contributed by atoms with Crippen molar-refractivity contribution in [2.75, 3.05) is 33.7 Å². The Morgan fingerprint density at radius 2 is 0.722 bits per heavy atom. The second kappa shape index (κ2) is 40.8. The lowest BCUT2D eigenvalue weighted by molar-refractivity contribution is -0.138. The molecule has 0 atom stereocenters. The number of anilines is 10. The maximum Gasteiger partial charge on any atom is 0.416 e. The predicted molar refractivity (Wildman–Crippen MR) is 521 cm³/mol. The molecule has 0 aliphatic heterocycles. The van der Waals surface area contributed by atoms with Crippen molar-refractivity contribution in [2.24, 2.45) is 0 Å². The van der Waals surface area contributed by atoms with Crippen molar-refractivity contribution in [1.29, 1.82) is 5.26 Å². The van der Waals surface area contributed by atoms with E-state index in [4.69, 9.17) is 24.7 Å². The maximum atomic E-state index is 12.8.